The third-order valence-electron chi connectivity index (χ3n) is 4.82. The number of likely N-dealkylation sites (tertiary alicyclic amines) is 1. The van der Waals surface area contributed by atoms with Gasteiger partial charge in [-0.2, -0.15) is 0 Å². The number of hydrogen-bond acceptors (Lipinski definition) is 6. The van der Waals surface area contributed by atoms with Crippen LogP contribution in [0.3, 0.4) is 0 Å². The molecule has 2 aliphatic heterocycles. The molecule has 1 atom stereocenters. The van der Waals surface area contributed by atoms with E-state index in [-0.39, 0.29) is 0 Å². The van der Waals surface area contributed by atoms with Crippen molar-refractivity contribution >= 4 is 17.7 Å². The third kappa shape index (κ3) is 3.02. The summed E-state index contributed by atoms with van der Waals surface area (Å²) in [5.41, 5.74) is -1.02. The van der Waals surface area contributed by atoms with E-state index < -0.39 is 23.6 Å². The molecule has 134 valence electrons. The zero-order valence-electron chi connectivity index (χ0n) is 14.6. The molecule has 6 nitrogen and oxygen atoms in total. The van der Waals surface area contributed by atoms with Gasteiger partial charge in [0.05, 0.1) is 20.3 Å². The first-order valence-electron chi connectivity index (χ1n) is 8.50. The average molecular weight is 345 g/mol. The van der Waals surface area contributed by atoms with Crippen LogP contribution in [0.15, 0.2) is 36.4 Å². The molecule has 0 radical (unpaired) electrons. The lowest BCUT2D eigenvalue weighted by Crippen LogP contribution is -2.61. The highest BCUT2D eigenvalue weighted by atomic mass is 16.6. The van der Waals surface area contributed by atoms with Crippen LogP contribution in [0, 0.1) is 0 Å². The number of benzene rings is 1. The number of nitrogens with zero attached hydrogens (tertiary/aromatic N) is 1. The Morgan fingerprint density at radius 3 is 2.20 bits per heavy atom. The highest BCUT2D eigenvalue weighted by Crippen LogP contribution is 2.39. The standard InChI is InChI=1S/C19H23NO5/c1-23-17(21)19(18(22)24-2)16(20-11-7-4-8-12-20)13-15(25-19)14-9-5-3-6-10-14/h3,5-6,9-10,13,16H,4,7-8,11-12H2,1-2H3. The molecule has 1 fully saturated rings. The largest absolute Gasteiger partial charge is 0.466 e. The number of esters is 2. The van der Waals surface area contributed by atoms with Crippen molar-refractivity contribution in [2.24, 2.45) is 0 Å². The highest BCUT2D eigenvalue weighted by molar-refractivity contribution is 6.07. The van der Waals surface area contributed by atoms with E-state index in [0.29, 0.717) is 5.76 Å². The van der Waals surface area contributed by atoms with Gasteiger partial charge in [0.15, 0.2) is 0 Å². The number of carbonyl (C=O) groups is 2. The fourth-order valence-electron chi connectivity index (χ4n) is 3.56. The zero-order chi connectivity index (χ0) is 17.9. The smallest absolute Gasteiger partial charge is 0.364 e. The van der Waals surface area contributed by atoms with Crippen LogP contribution in [-0.2, 0) is 23.8 Å². The van der Waals surface area contributed by atoms with Crippen LogP contribution in [0.25, 0.3) is 5.76 Å². The Hall–Kier alpha value is -2.34. The topological polar surface area (TPSA) is 65.1 Å². The first-order chi connectivity index (χ1) is 12.1. The second kappa shape index (κ2) is 7.27. The molecule has 3 rings (SSSR count). The summed E-state index contributed by atoms with van der Waals surface area (Å²) < 4.78 is 15.9. The third-order valence-corrected chi connectivity index (χ3v) is 4.82. The van der Waals surface area contributed by atoms with Gasteiger partial charge in [0.25, 0.3) is 0 Å². The van der Waals surface area contributed by atoms with Crippen molar-refractivity contribution in [3.63, 3.8) is 0 Å². The van der Waals surface area contributed by atoms with Crippen LogP contribution in [0.1, 0.15) is 24.8 Å². The van der Waals surface area contributed by atoms with Gasteiger partial charge in [0, 0.05) is 5.56 Å². The molecule has 0 N–H and O–H groups in total. The lowest BCUT2D eigenvalue weighted by molar-refractivity contribution is -0.183. The molecule has 0 bridgehead atoms. The SMILES string of the molecule is COC(=O)C1(C(=O)OC)OC(c2ccccc2)=CC1N1CCCCC1. The van der Waals surface area contributed by atoms with E-state index in [1.54, 1.807) is 0 Å². The molecule has 2 aliphatic rings. The van der Waals surface area contributed by atoms with Gasteiger partial charge >= 0.3 is 17.5 Å². The van der Waals surface area contributed by atoms with Gasteiger partial charge in [-0.3, -0.25) is 4.90 Å². The van der Waals surface area contributed by atoms with Gasteiger partial charge in [-0.15, -0.1) is 0 Å². The number of methoxy groups -OCH3 is 2. The Kier molecular flexibility index (Phi) is 5.08. The lowest BCUT2D eigenvalue weighted by atomic mass is 9.92. The first-order valence-corrected chi connectivity index (χ1v) is 8.50. The minimum absolute atomic E-state index is 0.493. The van der Waals surface area contributed by atoms with Crippen LogP contribution in [-0.4, -0.2) is 55.8 Å². The fraction of sp³-hybridized carbons (Fsp3) is 0.474. The van der Waals surface area contributed by atoms with Crippen LogP contribution in [0.5, 0.6) is 0 Å². The molecular weight excluding hydrogens is 322 g/mol. The first kappa shape index (κ1) is 17.5. The van der Waals surface area contributed by atoms with Gasteiger partial charge in [-0.25, -0.2) is 9.59 Å². The molecule has 0 amide bonds. The van der Waals surface area contributed by atoms with Gasteiger partial charge in [0.1, 0.15) is 5.76 Å². The van der Waals surface area contributed by atoms with E-state index in [2.05, 4.69) is 4.90 Å². The maximum Gasteiger partial charge on any atom is 0.364 e. The van der Waals surface area contributed by atoms with Crippen molar-refractivity contribution < 1.29 is 23.8 Å². The van der Waals surface area contributed by atoms with Crippen LogP contribution >= 0.6 is 0 Å². The molecular formula is C19H23NO5. The monoisotopic (exact) mass is 345 g/mol. The predicted octanol–water partition coefficient (Wildman–Crippen LogP) is 2.00. The summed E-state index contributed by atoms with van der Waals surface area (Å²) in [5, 5.41) is 0. The second-order valence-corrected chi connectivity index (χ2v) is 6.26. The Bertz CT molecular complexity index is 648. The number of piperidine rings is 1. The van der Waals surface area contributed by atoms with Gasteiger partial charge in [-0.05, 0) is 32.0 Å². The number of hydrogen-bond donors (Lipinski definition) is 0. The quantitative estimate of drug-likeness (QED) is 0.614. The maximum absolute atomic E-state index is 12.7. The molecule has 0 aliphatic carbocycles. The summed E-state index contributed by atoms with van der Waals surface area (Å²) in [4.78, 5) is 27.4. The Labute approximate surface area is 147 Å². The van der Waals surface area contributed by atoms with E-state index in [4.69, 9.17) is 14.2 Å². The molecule has 25 heavy (non-hydrogen) atoms. The van der Waals surface area contributed by atoms with Crippen molar-refractivity contribution in [3.8, 4) is 0 Å². The molecule has 0 saturated carbocycles. The molecule has 6 heteroatoms. The van der Waals surface area contributed by atoms with E-state index in [9.17, 15) is 9.59 Å². The molecule has 0 aromatic heterocycles. The number of carbonyl (C=O) groups excluding carboxylic acids is 2. The van der Waals surface area contributed by atoms with Gasteiger partial charge < -0.3 is 14.2 Å². The Morgan fingerprint density at radius 2 is 1.64 bits per heavy atom. The van der Waals surface area contributed by atoms with E-state index in [1.807, 2.05) is 36.4 Å². The van der Waals surface area contributed by atoms with Crippen LogP contribution < -0.4 is 0 Å². The summed E-state index contributed by atoms with van der Waals surface area (Å²) in [7, 11) is 2.51. The molecule has 1 saturated heterocycles. The number of rotatable bonds is 4. The maximum atomic E-state index is 12.7. The summed E-state index contributed by atoms with van der Waals surface area (Å²) in [5.74, 6) is -0.985. The summed E-state index contributed by atoms with van der Waals surface area (Å²) in [6.45, 7) is 1.59. The minimum Gasteiger partial charge on any atom is -0.466 e. The predicted molar refractivity (Wildman–Crippen MR) is 91.5 cm³/mol. The summed E-state index contributed by atoms with van der Waals surface area (Å²) >= 11 is 0. The van der Waals surface area contributed by atoms with E-state index >= 15 is 0 Å². The molecule has 1 unspecified atom stereocenters. The highest BCUT2D eigenvalue weighted by Gasteiger charge is 2.62. The summed E-state index contributed by atoms with van der Waals surface area (Å²) in [6.07, 6.45) is 5.02. The lowest BCUT2D eigenvalue weighted by Gasteiger charge is -2.38. The van der Waals surface area contributed by atoms with Crippen molar-refractivity contribution in [2.45, 2.75) is 30.9 Å². The van der Waals surface area contributed by atoms with Crippen LogP contribution in [0.2, 0.25) is 0 Å². The van der Waals surface area contributed by atoms with Gasteiger partial charge in [0.2, 0.25) is 0 Å². The number of ether oxygens (including phenoxy) is 3. The fourth-order valence-corrected chi connectivity index (χ4v) is 3.56. The second-order valence-electron chi connectivity index (χ2n) is 6.26. The zero-order valence-corrected chi connectivity index (χ0v) is 14.6. The van der Waals surface area contributed by atoms with Crippen molar-refractivity contribution in [1.29, 1.82) is 0 Å². The van der Waals surface area contributed by atoms with E-state index in [0.717, 1.165) is 37.9 Å². The Morgan fingerprint density at radius 1 is 1.04 bits per heavy atom. The average Bonchev–Trinajstić information content (AvgIpc) is 3.10. The van der Waals surface area contributed by atoms with Crippen molar-refractivity contribution in [1.82, 2.24) is 4.90 Å². The normalized spacial score (nSPS) is 22.6. The minimum atomic E-state index is -1.83. The molecule has 2 heterocycles. The molecule has 0 spiro atoms. The Balaban J connectivity index is 2.05. The van der Waals surface area contributed by atoms with E-state index in [1.165, 1.54) is 14.2 Å². The van der Waals surface area contributed by atoms with Gasteiger partial charge in [-0.1, -0.05) is 36.8 Å². The van der Waals surface area contributed by atoms with Crippen molar-refractivity contribution in [2.75, 3.05) is 27.3 Å². The summed E-state index contributed by atoms with van der Waals surface area (Å²) in [6, 6.07) is 8.86. The molecule has 1 aromatic rings. The van der Waals surface area contributed by atoms with Crippen molar-refractivity contribution in [3.05, 3.63) is 42.0 Å². The van der Waals surface area contributed by atoms with Crippen LogP contribution in [0.4, 0.5) is 0 Å². The molecule has 1 aromatic carbocycles.